The van der Waals surface area contributed by atoms with Crippen LogP contribution in [0.3, 0.4) is 0 Å². The SMILES string of the molecule is CN(Cc1cc(Br)cs1)C(=O)Nc1cccc([N+](=O)[O-])c1. The quantitative estimate of drug-likeness (QED) is 0.651. The summed E-state index contributed by atoms with van der Waals surface area (Å²) in [5.74, 6) is 0. The first-order chi connectivity index (χ1) is 9.95. The Kier molecular flexibility index (Phi) is 4.92. The second-order valence-electron chi connectivity index (χ2n) is 4.32. The number of carbonyl (C=O) groups is 1. The van der Waals surface area contributed by atoms with Crippen LogP contribution in [-0.2, 0) is 6.54 Å². The predicted molar refractivity (Wildman–Crippen MR) is 85.6 cm³/mol. The number of nitrogens with one attached hydrogen (secondary N) is 1. The van der Waals surface area contributed by atoms with E-state index in [0.29, 0.717) is 12.2 Å². The van der Waals surface area contributed by atoms with Gasteiger partial charge in [-0.2, -0.15) is 0 Å². The molecule has 0 atom stereocenters. The summed E-state index contributed by atoms with van der Waals surface area (Å²) in [5.41, 5.74) is 0.339. The highest BCUT2D eigenvalue weighted by Crippen LogP contribution is 2.21. The van der Waals surface area contributed by atoms with E-state index in [4.69, 9.17) is 0 Å². The molecule has 2 rings (SSSR count). The fourth-order valence-corrected chi connectivity index (χ4v) is 3.16. The number of benzene rings is 1. The zero-order chi connectivity index (χ0) is 15.4. The smallest absolute Gasteiger partial charge is 0.321 e. The Bertz CT molecular complexity index is 674. The first kappa shape index (κ1) is 15.5. The van der Waals surface area contributed by atoms with Crippen LogP contribution in [0.4, 0.5) is 16.2 Å². The van der Waals surface area contributed by atoms with E-state index in [1.165, 1.54) is 23.1 Å². The van der Waals surface area contributed by atoms with Crippen molar-refractivity contribution in [2.75, 3.05) is 12.4 Å². The number of nitro benzene ring substituents is 1. The molecule has 0 aliphatic rings. The lowest BCUT2D eigenvalue weighted by molar-refractivity contribution is -0.384. The van der Waals surface area contributed by atoms with Gasteiger partial charge in [-0.3, -0.25) is 10.1 Å². The van der Waals surface area contributed by atoms with E-state index >= 15 is 0 Å². The van der Waals surface area contributed by atoms with Gasteiger partial charge in [-0.1, -0.05) is 6.07 Å². The lowest BCUT2D eigenvalue weighted by Crippen LogP contribution is -2.30. The van der Waals surface area contributed by atoms with Crippen LogP contribution in [0.2, 0.25) is 0 Å². The Hall–Kier alpha value is -1.93. The molecule has 0 saturated heterocycles. The maximum absolute atomic E-state index is 12.0. The number of urea groups is 1. The third kappa shape index (κ3) is 4.27. The predicted octanol–water partition coefficient (Wildman–Crippen LogP) is 4.08. The van der Waals surface area contributed by atoms with Gasteiger partial charge < -0.3 is 10.2 Å². The lowest BCUT2D eigenvalue weighted by Gasteiger charge is -2.17. The molecule has 1 aromatic heterocycles. The van der Waals surface area contributed by atoms with E-state index in [0.717, 1.165) is 9.35 Å². The van der Waals surface area contributed by atoms with E-state index in [9.17, 15) is 14.9 Å². The first-order valence-electron chi connectivity index (χ1n) is 5.95. The zero-order valence-corrected chi connectivity index (χ0v) is 13.5. The molecule has 1 aromatic carbocycles. The van der Waals surface area contributed by atoms with Gasteiger partial charge in [0.2, 0.25) is 0 Å². The highest BCUT2D eigenvalue weighted by atomic mass is 79.9. The Morgan fingerprint density at radius 3 is 2.86 bits per heavy atom. The van der Waals surface area contributed by atoms with Crippen LogP contribution in [0.15, 0.2) is 40.2 Å². The first-order valence-corrected chi connectivity index (χ1v) is 7.62. The monoisotopic (exact) mass is 369 g/mol. The molecule has 110 valence electrons. The van der Waals surface area contributed by atoms with Gasteiger partial charge in [-0.15, -0.1) is 11.3 Å². The van der Waals surface area contributed by atoms with E-state index < -0.39 is 4.92 Å². The number of non-ortho nitro benzene ring substituents is 1. The van der Waals surface area contributed by atoms with Gasteiger partial charge in [-0.25, -0.2) is 4.79 Å². The fourth-order valence-electron chi connectivity index (χ4n) is 1.66. The molecule has 1 N–H and O–H groups in total. The summed E-state index contributed by atoms with van der Waals surface area (Å²) < 4.78 is 0.981. The number of thiophene rings is 1. The number of nitro groups is 1. The Morgan fingerprint density at radius 2 is 2.24 bits per heavy atom. The summed E-state index contributed by atoms with van der Waals surface area (Å²) in [6.45, 7) is 0.469. The van der Waals surface area contributed by atoms with Crippen molar-refractivity contribution in [1.29, 1.82) is 0 Å². The molecule has 8 heteroatoms. The number of carbonyl (C=O) groups excluding carboxylic acids is 1. The number of hydrogen-bond acceptors (Lipinski definition) is 4. The molecule has 1 heterocycles. The molecular weight excluding hydrogens is 358 g/mol. The maximum atomic E-state index is 12.0. The summed E-state index contributed by atoms with van der Waals surface area (Å²) in [4.78, 5) is 24.8. The third-order valence-electron chi connectivity index (χ3n) is 2.67. The van der Waals surface area contributed by atoms with Gasteiger partial charge in [0.05, 0.1) is 11.5 Å². The van der Waals surface area contributed by atoms with Crippen molar-refractivity contribution in [2.45, 2.75) is 6.54 Å². The van der Waals surface area contributed by atoms with Crippen LogP contribution in [0.25, 0.3) is 0 Å². The highest BCUT2D eigenvalue weighted by molar-refractivity contribution is 9.10. The topological polar surface area (TPSA) is 75.5 Å². The van der Waals surface area contributed by atoms with Crippen molar-refractivity contribution in [3.05, 3.63) is 55.2 Å². The molecule has 21 heavy (non-hydrogen) atoms. The summed E-state index contributed by atoms with van der Waals surface area (Å²) in [6, 6.07) is 7.47. The number of rotatable bonds is 4. The summed E-state index contributed by atoms with van der Waals surface area (Å²) >= 11 is 4.91. The highest BCUT2D eigenvalue weighted by Gasteiger charge is 2.12. The van der Waals surface area contributed by atoms with Gasteiger partial charge in [0.1, 0.15) is 0 Å². The second-order valence-corrected chi connectivity index (χ2v) is 6.24. The number of hydrogen-bond donors (Lipinski definition) is 1. The van der Waals surface area contributed by atoms with E-state index in [-0.39, 0.29) is 11.7 Å². The number of anilines is 1. The Labute approximate surface area is 133 Å². The molecule has 0 aliphatic heterocycles. The number of nitrogens with zero attached hydrogens (tertiary/aromatic N) is 2. The van der Waals surface area contributed by atoms with Crippen molar-refractivity contribution < 1.29 is 9.72 Å². The minimum Gasteiger partial charge on any atom is -0.322 e. The van der Waals surface area contributed by atoms with Crippen LogP contribution >= 0.6 is 27.3 Å². The molecule has 0 aliphatic carbocycles. The summed E-state index contributed by atoms with van der Waals surface area (Å²) in [5, 5.41) is 15.3. The van der Waals surface area contributed by atoms with Crippen LogP contribution in [0.1, 0.15) is 4.88 Å². The minimum absolute atomic E-state index is 0.0577. The molecule has 2 aromatic rings. The number of amides is 2. The lowest BCUT2D eigenvalue weighted by atomic mass is 10.3. The molecule has 0 fully saturated rings. The standard InChI is InChI=1S/C13H12BrN3O3S/c1-16(7-12-5-9(14)8-21-12)13(18)15-10-3-2-4-11(6-10)17(19)20/h2-6,8H,7H2,1H3,(H,15,18). The van der Waals surface area contributed by atoms with Crippen LogP contribution < -0.4 is 5.32 Å². The Balaban J connectivity index is 2.00. The van der Waals surface area contributed by atoms with Crippen LogP contribution in [-0.4, -0.2) is 22.9 Å². The summed E-state index contributed by atoms with van der Waals surface area (Å²) in [7, 11) is 1.67. The van der Waals surface area contributed by atoms with Gasteiger partial charge in [0.15, 0.2) is 0 Å². The normalized spacial score (nSPS) is 10.2. The van der Waals surface area contributed by atoms with Gasteiger partial charge >= 0.3 is 6.03 Å². The van der Waals surface area contributed by atoms with Crippen molar-refractivity contribution in [1.82, 2.24) is 4.90 Å². The third-order valence-corrected chi connectivity index (χ3v) is 4.35. The van der Waals surface area contributed by atoms with Crippen molar-refractivity contribution in [2.24, 2.45) is 0 Å². The largest absolute Gasteiger partial charge is 0.322 e. The van der Waals surface area contributed by atoms with Crippen molar-refractivity contribution in [3.63, 3.8) is 0 Å². The molecule has 0 spiro atoms. The average molecular weight is 370 g/mol. The molecule has 0 saturated carbocycles. The van der Waals surface area contributed by atoms with E-state index in [2.05, 4.69) is 21.2 Å². The Morgan fingerprint density at radius 1 is 1.48 bits per heavy atom. The zero-order valence-electron chi connectivity index (χ0n) is 11.1. The minimum atomic E-state index is -0.497. The van der Waals surface area contributed by atoms with E-state index in [1.54, 1.807) is 24.5 Å². The second kappa shape index (κ2) is 6.68. The van der Waals surface area contributed by atoms with E-state index in [1.807, 2.05) is 11.4 Å². The summed E-state index contributed by atoms with van der Waals surface area (Å²) in [6.07, 6.45) is 0. The van der Waals surface area contributed by atoms with Crippen LogP contribution in [0.5, 0.6) is 0 Å². The molecular formula is C13H12BrN3O3S. The molecule has 2 amide bonds. The van der Waals surface area contributed by atoms with Gasteiger partial charge in [0.25, 0.3) is 5.69 Å². The average Bonchev–Trinajstić information content (AvgIpc) is 2.84. The molecule has 0 bridgehead atoms. The van der Waals surface area contributed by atoms with Gasteiger partial charge in [-0.05, 0) is 28.1 Å². The molecule has 0 radical (unpaired) electrons. The maximum Gasteiger partial charge on any atom is 0.321 e. The van der Waals surface area contributed by atoms with Gasteiger partial charge in [0, 0.05) is 39.6 Å². The molecule has 6 nitrogen and oxygen atoms in total. The number of halogens is 1. The van der Waals surface area contributed by atoms with Crippen molar-refractivity contribution in [3.8, 4) is 0 Å². The fraction of sp³-hybridized carbons (Fsp3) is 0.154. The van der Waals surface area contributed by atoms with Crippen molar-refractivity contribution >= 4 is 44.7 Å². The van der Waals surface area contributed by atoms with Crippen LogP contribution in [0, 0.1) is 10.1 Å². The molecule has 0 unspecified atom stereocenters.